The highest BCUT2D eigenvalue weighted by Crippen LogP contribution is 2.31. The fraction of sp³-hybridized carbons (Fsp3) is 0.533. The van der Waals surface area contributed by atoms with Gasteiger partial charge in [0.1, 0.15) is 13.2 Å². The Hall–Kier alpha value is -1.75. The van der Waals surface area contributed by atoms with E-state index in [-0.39, 0.29) is 11.8 Å². The van der Waals surface area contributed by atoms with E-state index >= 15 is 0 Å². The van der Waals surface area contributed by atoms with Crippen molar-refractivity contribution in [3.05, 3.63) is 23.8 Å². The molecule has 1 aliphatic carbocycles. The van der Waals surface area contributed by atoms with Gasteiger partial charge in [0.05, 0.1) is 5.92 Å². The van der Waals surface area contributed by atoms with Crippen LogP contribution in [-0.4, -0.2) is 31.7 Å². The molecule has 1 aromatic rings. The summed E-state index contributed by atoms with van der Waals surface area (Å²) in [4.78, 5) is 12.1. The number of rotatable bonds is 5. The number of hydrogen-bond donors (Lipinski definition) is 2. The molecule has 1 aliphatic heterocycles. The zero-order valence-corrected chi connectivity index (χ0v) is 11.4. The molecule has 1 amide bonds. The summed E-state index contributed by atoms with van der Waals surface area (Å²) in [6.07, 6.45) is 2.81. The molecular formula is C15H20N2O3. The van der Waals surface area contributed by atoms with E-state index in [2.05, 4.69) is 5.32 Å². The molecule has 3 rings (SSSR count). The number of carbonyl (C=O) groups is 1. The van der Waals surface area contributed by atoms with Gasteiger partial charge in [0, 0.05) is 12.6 Å². The van der Waals surface area contributed by atoms with Gasteiger partial charge in [-0.15, -0.1) is 0 Å². The van der Waals surface area contributed by atoms with E-state index in [0.29, 0.717) is 32.2 Å². The van der Waals surface area contributed by atoms with E-state index in [9.17, 15) is 4.79 Å². The van der Waals surface area contributed by atoms with E-state index in [1.807, 2.05) is 18.2 Å². The lowest BCUT2D eigenvalue weighted by molar-refractivity contribution is -0.124. The first-order valence-corrected chi connectivity index (χ1v) is 7.15. The van der Waals surface area contributed by atoms with Crippen molar-refractivity contribution in [1.29, 1.82) is 0 Å². The minimum absolute atomic E-state index is 0.0601. The quantitative estimate of drug-likeness (QED) is 0.836. The number of benzene rings is 1. The fourth-order valence-electron chi connectivity index (χ4n) is 2.33. The van der Waals surface area contributed by atoms with Gasteiger partial charge in [0.15, 0.2) is 11.5 Å². The summed E-state index contributed by atoms with van der Waals surface area (Å²) in [7, 11) is 0. The molecule has 5 nitrogen and oxygen atoms in total. The molecule has 0 radical (unpaired) electrons. The van der Waals surface area contributed by atoms with Gasteiger partial charge in [-0.3, -0.25) is 4.79 Å². The first kappa shape index (κ1) is 13.2. The zero-order chi connectivity index (χ0) is 13.9. The Labute approximate surface area is 118 Å². The van der Waals surface area contributed by atoms with Gasteiger partial charge in [-0.2, -0.15) is 0 Å². The molecule has 0 bridgehead atoms. The highest BCUT2D eigenvalue weighted by atomic mass is 16.6. The Morgan fingerprint density at radius 1 is 1.30 bits per heavy atom. The molecule has 0 saturated heterocycles. The van der Waals surface area contributed by atoms with Gasteiger partial charge in [-0.1, -0.05) is 6.07 Å². The highest BCUT2D eigenvalue weighted by molar-refractivity contribution is 5.79. The van der Waals surface area contributed by atoms with Crippen LogP contribution in [0.5, 0.6) is 11.5 Å². The van der Waals surface area contributed by atoms with E-state index < -0.39 is 0 Å². The third-order valence-electron chi connectivity index (χ3n) is 3.67. The second-order valence-electron chi connectivity index (χ2n) is 5.40. The summed E-state index contributed by atoms with van der Waals surface area (Å²) in [5.74, 6) is 1.40. The fourth-order valence-corrected chi connectivity index (χ4v) is 2.33. The Kier molecular flexibility index (Phi) is 3.78. The number of fused-ring (bicyclic) bond motifs is 1. The molecule has 0 aromatic heterocycles. The second-order valence-corrected chi connectivity index (χ2v) is 5.40. The van der Waals surface area contributed by atoms with Gasteiger partial charge in [-0.25, -0.2) is 0 Å². The van der Waals surface area contributed by atoms with Crippen LogP contribution in [0.25, 0.3) is 0 Å². The number of ether oxygens (including phenoxy) is 2. The molecule has 2 aliphatic rings. The number of amides is 1. The monoisotopic (exact) mass is 276 g/mol. The maximum atomic E-state index is 12.1. The van der Waals surface area contributed by atoms with Crippen LogP contribution in [0.2, 0.25) is 0 Å². The molecule has 1 heterocycles. The number of hydrogen-bond acceptors (Lipinski definition) is 4. The van der Waals surface area contributed by atoms with E-state index in [4.69, 9.17) is 15.2 Å². The smallest absolute Gasteiger partial charge is 0.224 e. The first-order chi connectivity index (χ1) is 9.76. The van der Waals surface area contributed by atoms with Gasteiger partial charge in [0.2, 0.25) is 5.91 Å². The van der Waals surface area contributed by atoms with Crippen LogP contribution in [0.3, 0.4) is 0 Å². The minimum Gasteiger partial charge on any atom is -0.486 e. The summed E-state index contributed by atoms with van der Waals surface area (Å²) < 4.78 is 11.0. The number of carbonyl (C=O) groups excluding carboxylic acids is 1. The van der Waals surface area contributed by atoms with Crippen molar-refractivity contribution < 1.29 is 14.3 Å². The van der Waals surface area contributed by atoms with Gasteiger partial charge in [0.25, 0.3) is 0 Å². The van der Waals surface area contributed by atoms with Crippen LogP contribution >= 0.6 is 0 Å². The molecular weight excluding hydrogens is 256 g/mol. The lowest BCUT2D eigenvalue weighted by Gasteiger charge is -2.20. The van der Waals surface area contributed by atoms with Gasteiger partial charge >= 0.3 is 0 Å². The van der Waals surface area contributed by atoms with E-state index in [0.717, 1.165) is 29.9 Å². The molecule has 0 spiro atoms. The van der Waals surface area contributed by atoms with Crippen molar-refractivity contribution in [3.8, 4) is 11.5 Å². The average molecular weight is 276 g/mol. The summed E-state index contributed by atoms with van der Waals surface area (Å²) in [5.41, 5.74) is 6.79. The number of nitrogens with two attached hydrogens (primary N) is 1. The van der Waals surface area contributed by atoms with E-state index in [1.54, 1.807) is 0 Å². The van der Waals surface area contributed by atoms with Crippen molar-refractivity contribution in [3.63, 3.8) is 0 Å². The molecule has 1 atom stereocenters. The molecule has 1 aromatic carbocycles. The van der Waals surface area contributed by atoms with Crippen molar-refractivity contribution in [1.82, 2.24) is 5.32 Å². The predicted molar refractivity (Wildman–Crippen MR) is 74.8 cm³/mol. The minimum atomic E-state index is -0.182. The molecule has 1 fully saturated rings. The molecule has 1 unspecified atom stereocenters. The van der Waals surface area contributed by atoms with Crippen molar-refractivity contribution in [2.75, 3.05) is 19.8 Å². The standard InChI is InChI=1S/C15H20N2O3/c16-9-11(15(18)17-12-2-3-12)7-10-1-4-13-14(8-10)20-6-5-19-13/h1,4,8,11-12H,2-3,5-7,9,16H2,(H,17,18). The summed E-state index contributed by atoms with van der Waals surface area (Å²) in [6, 6.07) is 6.19. The molecule has 5 heteroatoms. The SMILES string of the molecule is NCC(Cc1ccc2c(c1)OCCO2)C(=O)NC1CC1. The maximum Gasteiger partial charge on any atom is 0.224 e. The first-order valence-electron chi connectivity index (χ1n) is 7.15. The second kappa shape index (κ2) is 5.71. The lowest BCUT2D eigenvalue weighted by atomic mass is 9.98. The third-order valence-corrected chi connectivity index (χ3v) is 3.67. The van der Waals surface area contributed by atoms with Crippen LogP contribution in [0.4, 0.5) is 0 Å². The highest BCUT2D eigenvalue weighted by Gasteiger charge is 2.27. The zero-order valence-electron chi connectivity index (χ0n) is 11.4. The number of nitrogens with one attached hydrogen (secondary N) is 1. The van der Waals surface area contributed by atoms with Gasteiger partial charge < -0.3 is 20.5 Å². The third kappa shape index (κ3) is 3.04. The Morgan fingerprint density at radius 3 is 2.75 bits per heavy atom. The largest absolute Gasteiger partial charge is 0.486 e. The van der Waals surface area contributed by atoms with Crippen molar-refractivity contribution in [2.45, 2.75) is 25.3 Å². The lowest BCUT2D eigenvalue weighted by Crippen LogP contribution is -2.37. The van der Waals surface area contributed by atoms with Crippen LogP contribution in [-0.2, 0) is 11.2 Å². The van der Waals surface area contributed by atoms with Gasteiger partial charge in [-0.05, 0) is 37.0 Å². The molecule has 108 valence electrons. The van der Waals surface area contributed by atoms with Crippen LogP contribution in [0, 0.1) is 5.92 Å². The Bertz CT molecular complexity index is 500. The predicted octanol–water partition coefficient (Wildman–Crippen LogP) is 0.854. The summed E-state index contributed by atoms with van der Waals surface area (Å²) in [5, 5.41) is 3.01. The van der Waals surface area contributed by atoms with Crippen molar-refractivity contribution in [2.24, 2.45) is 11.7 Å². The van der Waals surface area contributed by atoms with E-state index in [1.165, 1.54) is 0 Å². The Balaban J connectivity index is 1.66. The average Bonchev–Trinajstić information content (AvgIpc) is 3.28. The van der Waals surface area contributed by atoms with Crippen LogP contribution in [0.1, 0.15) is 18.4 Å². The molecule has 3 N–H and O–H groups in total. The topological polar surface area (TPSA) is 73.6 Å². The summed E-state index contributed by atoms with van der Waals surface area (Å²) >= 11 is 0. The van der Waals surface area contributed by atoms with Crippen LogP contribution < -0.4 is 20.5 Å². The normalized spacial score (nSPS) is 18.4. The molecule has 1 saturated carbocycles. The summed E-state index contributed by atoms with van der Waals surface area (Å²) in [6.45, 7) is 1.51. The van der Waals surface area contributed by atoms with Crippen LogP contribution in [0.15, 0.2) is 18.2 Å². The molecule has 20 heavy (non-hydrogen) atoms. The van der Waals surface area contributed by atoms with Crippen molar-refractivity contribution >= 4 is 5.91 Å². The Morgan fingerprint density at radius 2 is 2.05 bits per heavy atom. The maximum absolute atomic E-state index is 12.1.